The Hall–Kier alpha value is -2.80. The van der Waals surface area contributed by atoms with E-state index in [2.05, 4.69) is 0 Å². The number of carbonyl (C=O) groups is 2. The SMILES string of the molecule is COc1ccc(N2C[C@@H](C(=O)OCc3c(F)cccc3Cl)CC2=O)c(OC)c1. The lowest BCUT2D eigenvalue weighted by Gasteiger charge is -2.20. The van der Waals surface area contributed by atoms with Crippen LogP contribution in [0.15, 0.2) is 36.4 Å². The molecule has 1 amide bonds. The van der Waals surface area contributed by atoms with E-state index in [1.807, 2.05) is 0 Å². The van der Waals surface area contributed by atoms with Gasteiger partial charge in [-0.3, -0.25) is 9.59 Å². The zero-order valence-corrected chi connectivity index (χ0v) is 16.2. The maximum atomic E-state index is 13.8. The van der Waals surface area contributed by atoms with E-state index in [4.69, 9.17) is 25.8 Å². The number of halogens is 2. The van der Waals surface area contributed by atoms with Gasteiger partial charge in [0.1, 0.15) is 23.9 Å². The van der Waals surface area contributed by atoms with Crippen molar-refractivity contribution in [1.29, 1.82) is 0 Å². The number of benzene rings is 2. The fraction of sp³-hybridized carbons (Fsp3) is 0.300. The molecular formula is C20H19ClFNO5. The second-order valence-corrected chi connectivity index (χ2v) is 6.66. The second-order valence-electron chi connectivity index (χ2n) is 6.25. The average molecular weight is 408 g/mol. The van der Waals surface area contributed by atoms with Crippen LogP contribution in [-0.4, -0.2) is 32.6 Å². The first-order valence-corrected chi connectivity index (χ1v) is 8.94. The largest absolute Gasteiger partial charge is 0.497 e. The van der Waals surface area contributed by atoms with Crippen molar-refractivity contribution < 1.29 is 28.2 Å². The summed E-state index contributed by atoms with van der Waals surface area (Å²) in [4.78, 5) is 26.3. The molecule has 0 aromatic heterocycles. The lowest BCUT2D eigenvalue weighted by molar-refractivity contribution is -0.149. The van der Waals surface area contributed by atoms with Crippen molar-refractivity contribution in [2.45, 2.75) is 13.0 Å². The molecule has 1 aliphatic rings. The predicted octanol–water partition coefficient (Wildman–Crippen LogP) is 3.59. The van der Waals surface area contributed by atoms with E-state index in [1.165, 1.54) is 37.3 Å². The maximum absolute atomic E-state index is 13.8. The van der Waals surface area contributed by atoms with Crippen molar-refractivity contribution in [3.8, 4) is 11.5 Å². The minimum absolute atomic E-state index is 0.000971. The molecule has 2 aromatic carbocycles. The van der Waals surface area contributed by atoms with Crippen LogP contribution in [0.25, 0.3) is 0 Å². The summed E-state index contributed by atoms with van der Waals surface area (Å²) in [5, 5.41) is 0.180. The molecule has 8 heteroatoms. The number of anilines is 1. The van der Waals surface area contributed by atoms with Crippen LogP contribution in [0.3, 0.4) is 0 Å². The molecule has 148 valence electrons. The highest BCUT2D eigenvalue weighted by Crippen LogP contribution is 2.36. The predicted molar refractivity (Wildman–Crippen MR) is 101 cm³/mol. The minimum Gasteiger partial charge on any atom is -0.497 e. The Bertz CT molecular complexity index is 884. The number of carbonyl (C=O) groups excluding carboxylic acids is 2. The highest BCUT2D eigenvalue weighted by Gasteiger charge is 2.37. The van der Waals surface area contributed by atoms with Crippen LogP contribution in [0.4, 0.5) is 10.1 Å². The standard InChI is InChI=1S/C20H19ClFNO5/c1-26-13-6-7-17(18(9-13)27-2)23-10-12(8-19(23)24)20(25)28-11-14-15(21)4-3-5-16(14)22/h3-7,9,12H,8,10-11H2,1-2H3/t12-/m0/s1. The quantitative estimate of drug-likeness (QED) is 0.685. The summed E-state index contributed by atoms with van der Waals surface area (Å²) >= 11 is 5.94. The van der Waals surface area contributed by atoms with Crippen LogP contribution in [0.1, 0.15) is 12.0 Å². The molecule has 3 rings (SSSR count). The summed E-state index contributed by atoms with van der Waals surface area (Å²) < 4.78 is 29.5. The van der Waals surface area contributed by atoms with Gasteiger partial charge >= 0.3 is 5.97 Å². The van der Waals surface area contributed by atoms with Gasteiger partial charge in [-0.15, -0.1) is 0 Å². The molecule has 1 aliphatic heterocycles. The van der Waals surface area contributed by atoms with E-state index >= 15 is 0 Å². The van der Waals surface area contributed by atoms with Gasteiger partial charge in [-0.2, -0.15) is 0 Å². The second kappa shape index (κ2) is 8.48. The molecule has 1 heterocycles. The Morgan fingerprint density at radius 2 is 2.04 bits per heavy atom. The molecule has 0 aliphatic carbocycles. The van der Waals surface area contributed by atoms with Crippen molar-refractivity contribution in [1.82, 2.24) is 0 Å². The van der Waals surface area contributed by atoms with Gasteiger partial charge in [-0.05, 0) is 24.3 Å². The van der Waals surface area contributed by atoms with Crippen LogP contribution in [0.2, 0.25) is 5.02 Å². The molecule has 0 unspecified atom stereocenters. The minimum atomic E-state index is -0.662. The average Bonchev–Trinajstić information content (AvgIpc) is 3.08. The molecule has 0 spiro atoms. The summed E-state index contributed by atoms with van der Waals surface area (Å²) in [7, 11) is 3.02. The van der Waals surface area contributed by atoms with E-state index in [0.29, 0.717) is 17.2 Å². The van der Waals surface area contributed by atoms with E-state index in [-0.39, 0.29) is 36.1 Å². The molecule has 2 aromatic rings. The van der Waals surface area contributed by atoms with E-state index in [0.717, 1.165) is 0 Å². The third-order valence-corrected chi connectivity index (χ3v) is 4.91. The lowest BCUT2D eigenvalue weighted by Crippen LogP contribution is -2.26. The molecule has 0 saturated carbocycles. The highest BCUT2D eigenvalue weighted by atomic mass is 35.5. The fourth-order valence-electron chi connectivity index (χ4n) is 3.04. The summed E-state index contributed by atoms with van der Waals surface area (Å²) in [6.07, 6.45) is -0.000971. The van der Waals surface area contributed by atoms with Gasteiger partial charge in [-0.1, -0.05) is 17.7 Å². The van der Waals surface area contributed by atoms with Gasteiger partial charge < -0.3 is 19.1 Å². The van der Waals surface area contributed by atoms with Crippen LogP contribution in [0.5, 0.6) is 11.5 Å². The number of ether oxygens (including phenoxy) is 3. The third kappa shape index (κ3) is 4.04. The van der Waals surface area contributed by atoms with Gasteiger partial charge in [0.25, 0.3) is 0 Å². The van der Waals surface area contributed by atoms with Crippen LogP contribution in [0, 0.1) is 11.7 Å². The summed E-state index contributed by atoms with van der Waals surface area (Å²) in [6.45, 7) is -0.147. The van der Waals surface area contributed by atoms with Gasteiger partial charge in [0.15, 0.2) is 0 Å². The smallest absolute Gasteiger partial charge is 0.311 e. The molecule has 6 nitrogen and oxygen atoms in total. The van der Waals surface area contributed by atoms with Crippen LogP contribution in [-0.2, 0) is 20.9 Å². The molecule has 0 N–H and O–H groups in total. The highest BCUT2D eigenvalue weighted by molar-refractivity contribution is 6.31. The number of esters is 1. The Morgan fingerprint density at radius 3 is 2.71 bits per heavy atom. The number of amides is 1. The number of nitrogens with zero attached hydrogens (tertiary/aromatic N) is 1. The molecular weight excluding hydrogens is 389 g/mol. The van der Waals surface area contributed by atoms with Crippen molar-refractivity contribution in [2.24, 2.45) is 5.92 Å². The molecule has 1 atom stereocenters. The summed E-state index contributed by atoms with van der Waals surface area (Å²) in [6, 6.07) is 9.29. The first kappa shape index (κ1) is 19.9. The molecule has 0 bridgehead atoms. The first-order chi connectivity index (χ1) is 13.4. The van der Waals surface area contributed by atoms with Crippen LogP contribution < -0.4 is 14.4 Å². The topological polar surface area (TPSA) is 65.1 Å². The van der Waals surface area contributed by atoms with Gasteiger partial charge in [0.05, 0.1) is 30.8 Å². The maximum Gasteiger partial charge on any atom is 0.311 e. The third-order valence-electron chi connectivity index (χ3n) is 4.56. The Balaban J connectivity index is 1.70. The van der Waals surface area contributed by atoms with E-state index in [9.17, 15) is 14.0 Å². The lowest BCUT2D eigenvalue weighted by atomic mass is 10.1. The molecule has 28 heavy (non-hydrogen) atoms. The Kier molecular flexibility index (Phi) is 6.04. The number of rotatable bonds is 6. The van der Waals surface area contributed by atoms with Gasteiger partial charge in [0.2, 0.25) is 5.91 Å². The first-order valence-electron chi connectivity index (χ1n) is 8.56. The number of hydrogen-bond acceptors (Lipinski definition) is 5. The van der Waals surface area contributed by atoms with Gasteiger partial charge in [-0.25, -0.2) is 4.39 Å². The summed E-state index contributed by atoms with van der Waals surface area (Å²) in [5.41, 5.74) is 0.649. The van der Waals surface area contributed by atoms with E-state index in [1.54, 1.807) is 18.2 Å². The van der Waals surface area contributed by atoms with Crippen molar-refractivity contribution in [3.63, 3.8) is 0 Å². The number of hydrogen-bond donors (Lipinski definition) is 0. The molecule has 1 fully saturated rings. The van der Waals surface area contributed by atoms with Crippen molar-refractivity contribution in [2.75, 3.05) is 25.7 Å². The van der Waals surface area contributed by atoms with E-state index < -0.39 is 17.7 Å². The molecule has 1 saturated heterocycles. The summed E-state index contributed by atoms with van der Waals surface area (Å²) in [5.74, 6) is -0.973. The Labute approximate surface area is 166 Å². The van der Waals surface area contributed by atoms with Crippen molar-refractivity contribution in [3.05, 3.63) is 52.8 Å². The molecule has 0 radical (unpaired) electrons. The van der Waals surface area contributed by atoms with Gasteiger partial charge in [0, 0.05) is 24.6 Å². The normalized spacial score (nSPS) is 16.2. The monoisotopic (exact) mass is 407 g/mol. The van der Waals surface area contributed by atoms with Crippen molar-refractivity contribution >= 4 is 29.2 Å². The number of methoxy groups -OCH3 is 2. The van der Waals surface area contributed by atoms with Crippen LogP contribution >= 0.6 is 11.6 Å². The fourth-order valence-corrected chi connectivity index (χ4v) is 3.26. The zero-order valence-electron chi connectivity index (χ0n) is 15.4. The Morgan fingerprint density at radius 1 is 1.25 bits per heavy atom. The zero-order chi connectivity index (χ0) is 20.3.